The van der Waals surface area contributed by atoms with Crippen molar-refractivity contribution in [2.24, 2.45) is 0 Å². The van der Waals surface area contributed by atoms with E-state index in [1.165, 1.54) is 37.7 Å². The van der Waals surface area contributed by atoms with Crippen LogP contribution in [0.3, 0.4) is 0 Å². The van der Waals surface area contributed by atoms with Crippen LogP contribution in [0.1, 0.15) is 10.4 Å². The Hall–Kier alpha value is -4.06. The zero-order chi connectivity index (χ0) is 22.4. The molecule has 31 heavy (non-hydrogen) atoms. The second kappa shape index (κ2) is 9.63. The number of halogens is 1. The van der Waals surface area contributed by atoms with Gasteiger partial charge in [-0.15, -0.1) is 0 Å². The molecule has 1 aromatic heterocycles. The Morgan fingerprint density at radius 3 is 2.48 bits per heavy atom. The van der Waals surface area contributed by atoms with Gasteiger partial charge in [-0.05, 0) is 40.2 Å². The first-order chi connectivity index (χ1) is 14.9. The summed E-state index contributed by atoms with van der Waals surface area (Å²) in [5.74, 6) is -0.528. The summed E-state index contributed by atoms with van der Waals surface area (Å²) in [6.07, 6.45) is 2.85. The molecule has 0 spiro atoms. The number of aromatic nitrogens is 2. The summed E-state index contributed by atoms with van der Waals surface area (Å²) < 4.78 is 11.0. The third-order valence-electron chi connectivity index (χ3n) is 3.79. The van der Waals surface area contributed by atoms with Gasteiger partial charge >= 0.3 is 17.7 Å². The molecule has 0 unspecified atom stereocenters. The van der Waals surface area contributed by atoms with Gasteiger partial charge in [-0.1, -0.05) is 12.1 Å². The minimum Gasteiger partial charge on any atom is -0.496 e. The van der Waals surface area contributed by atoms with Crippen LogP contribution in [0.15, 0.2) is 59.3 Å². The molecule has 1 heterocycles. The Kier molecular flexibility index (Phi) is 6.72. The summed E-state index contributed by atoms with van der Waals surface area (Å²) >= 11 is 3.17. The van der Waals surface area contributed by atoms with Crippen LogP contribution in [0.2, 0.25) is 0 Å². The van der Waals surface area contributed by atoms with Crippen LogP contribution in [-0.2, 0) is 0 Å². The van der Waals surface area contributed by atoms with Crippen molar-refractivity contribution in [3.05, 3.63) is 75.0 Å². The number of benzene rings is 2. The maximum absolute atomic E-state index is 12.3. The van der Waals surface area contributed by atoms with E-state index >= 15 is 0 Å². The third kappa shape index (κ3) is 5.51. The monoisotopic (exact) mass is 487 g/mol. The zero-order valence-electron chi connectivity index (χ0n) is 15.9. The number of carbonyl (C=O) groups excluding carboxylic acids is 2. The van der Waals surface area contributed by atoms with Gasteiger partial charge in [-0.25, -0.2) is 14.8 Å². The molecule has 0 aliphatic heterocycles. The van der Waals surface area contributed by atoms with Crippen LogP contribution >= 0.6 is 15.9 Å². The highest BCUT2D eigenvalue weighted by atomic mass is 79.9. The number of urea groups is 1. The van der Waals surface area contributed by atoms with Crippen LogP contribution in [0.5, 0.6) is 17.5 Å². The van der Waals surface area contributed by atoms with Crippen molar-refractivity contribution in [1.29, 1.82) is 0 Å². The number of nitrogens with zero attached hydrogens (tertiary/aromatic N) is 3. The number of imide groups is 1. The molecule has 0 aliphatic rings. The number of methoxy groups -OCH3 is 1. The normalized spacial score (nSPS) is 10.1. The maximum Gasteiger partial charge on any atom is 0.326 e. The van der Waals surface area contributed by atoms with Gasteiger partial charge in [0.1, 0.15) is 5.75 Å². The van der Waals surface area contributed by atoms with Crippen LogP contribution in [0.4, 0.5) is 16.2 Å². The van der Waals surface area contributed by atoms with E-state index < -0.39 is 22.5 Å². The van der Waals surface area contributed by atoms with Crippen molar-refractivity contribution in [1.82, 2.24) is 15.3 Å². The number of ether oxygens (including phenoxy) is 2. The number of nitro groups is 1. The molecule has 3 amide bonds. The molecule has 2 N–H and O–H groups in total. The first-order valence-corrected chi connectivity index (χ1v) is 9.36. The van der Waals surface area contributed by atoms with Gasteiger partial charge in [-0.2, -0.15) is 0 Å². The minimum absolute atomic E-state index is 0.0705. The highest BCUT2D eigenvalue weighted by Gasteiger charge is 2.20. The fourth-order valence-corrected chi connectivity index (χ4v) is 2.65. The van der Waals surface area contributed by atoms with Crippen LogP contribution in [-0.4, -0.2) is 33.9 Å². The smallest absolute Gasteiger partial charge is 0.326 e. The third-order valence-corrected chi connectivity index (χ3v) is 4.20. The predicted molar refractivity (Wildman–Crippen MR) is 112 cm³/mol. The van der Waals surface area contributed by atoms with E-state index in [4.69, 9.17) is 9.47 Å². The van der Waals surface area contributed by atoms with Crippen molar-refractivity contribution in [3.8, 4) is 17.5 Å². The number of carbonyl (C=O) groups is 2. The van der Waals surface area contributed by atoms with Crippen LogP contribution in [0.25, 0.3) is 0 Å². The molecular weight excluding hydrogens is 474 g/mol. The fourth-order valence-electron chi connectivity index (χ4n) is 2.44. The quantitative estimate of drug-likeness (QED) is 0.392. The first-order valence-electron chi connectivity index (χ1n) is 8.56. The number of para-hydroxylation sites is 1. The van der Waals surface area contributed by atoms with Crippen molar-refractivity contribution in [2.45, 2.75) is 0 Å². The van der Waals surface area contributed by atoms with E-state index in [0.717, 1.165) is 6.07 Å². The molecule has 0 saturated carbocycles. The van der Waals surface area contributed by atoms with Crippen LogP contribution in [0, 0.1) is 10.1 Å². The fraction of sp³-hybridized carbons (Fsp3) is 0.0526. The molecule has 0 bridgehead atoms. The van der Waals surface area contributed by atoms with E-state index in [0.29, 0.717) is 10.2 Å². The molecule has 3 aromatic rings. The molecule has 0 saturated heterocycles. The molecule has 0 aliphatic carbocycles. The average molecular weight is 488 g/mol. The van der Waals surface area contributed by atoms with Gasteiger partial charge in [0.05, 0.1) is 22.1 Å². The van der Waals surface area contributed by atoms with Gasteiger partial charge in [0, 0.05) is 24.1 Å². The number of nitrogens with one attached hydrogen (secondary N) is 2. The highest BCUT2D eigenvalue weighted by molar-refractivity contribution is 9.10. The van der Waals surface area contributed by atoms with E-state index in [1.807, 2.05) is 0 Å². The van der Waals surface area contributed by atoms with Crippen molar-refractivity contribution >= 4 is 39.2 Å². The lowest BCUT2D eigenvalue weighted by Crippen LogP contribution is -2.34. The van der Waals surface area contributed by atoms with E-state index in [9.17, 15) is 19.7 Å². The minimum atomic E-state index is -0.880. The summed E-state index contributed by atoms with van der Waals surface area (Å²) in [7, 11) is 1.40. The van der Waals surface area contributed by atoms with E-state index in [2.05, 4.69) is 36.5 Å². The standard InChI is InChI=1S/C19H14BrN5O6/c1-30-15-5-3-2-4-13(15)17(26)24-18(27)23-12-6-7-16(14(8-12)25(28)29)31-19-21-9-11(20)10-22-19/h2-10H,1H3,(H2,23,24,26,27). The topological polar surface area (TPSA) is 146 Å². The summed E-state index contributed by atoms with van der Waals surface area (Å²) in [4.78, 5) is 43.0. The number of amides is 3. The molecule has 3 rings (SSSR count). The van der Waals surface area contributed by atoms with Crippen LogP contribution < -0.4 is 20.1 Å². The van der Waals surface area contributed by atoms with Gasteiger partial charge in [0.2, 0.25) is 5.75 Å². The Labute approximate surface area is 183 Å². The molecule has 0 atom stereocenters. The summed E-state index contributed by atoms with van der Waals surface area (Å²) in [6, 6.07) is 9.12. The second-order valence-electron chi connectivity index (χ2n) is 5.83. The van der Waals surface area contributed by atoms with Crippen molar-refractivity contribution in [3.63, 3.8) is 0 Å². The Morgan fingerprint density at radius 2 is 1.81 bits per heavy atom. The van der Waals surface area contributed by atoms with E-state index in [1.54, 1.807) is 18.2 Å². The lowest BCUT2D eigenvalue weighted by atomic mass is 10.2. The maximum atomic E-state index is 12.3. The number of rotatable bonds is 6. The molecular formula is C19H14BrN5O6. The number of hydrogen-bond acceptors (Lipinski definition) is 8. The molecule has 158 valence electrons. The molecule has 11 nitrogen and oxygen atoms in total. The van der Waals surface area contributed by atoms with Gasteiger partial charge < -0.3 is 14.8 Å². The Morgan fingerprint density at radius 1 is 1.10 bits per heavy atom. The van der Waals surface area contributed by atoms with Gasteiger partial charge in [0.25, 0.3) is 5.91 Å². The SMILES string of the molecule is COc1ccccc1C(=O)NC(=O)Nc1ccc(Oc2ncc(Br)cn2)c([N+](=O)[O-])c1. The molecule has 12 heteroatoms. The summed E-state index contributed by atoms with van der Waals surface area (Å²) in [5.41, 5.74) is -0.203. The largest absolute Gasteiger partial charge is 0.496 e. The van der Waals surface area contributed by atoms with Gasteiger partial charge in [0.15, 0.2) is 0 Å². The number of anilines is 1. The average Bonchev–Trinajstić information content (AvgIpc) is 2.76. The Balaban J connectivity index is 1.73. The lowest BCUT2D eigenvalue weighted by Gasteiger charge is -2.10. The summed E-state index contributed by atoms with van der Waals surface area (Å²) in [6.45, 7) is 0. The lowest BCUT2D eigenvalue weighted by molar-refractivity contribution is -0.385. The Bertz CT molecular complexity index is 1140. The molecule has 0 fully saturated rings. The highest BCUT2D eigenvalue weighted by Crippen LogP contribution is 2.32. The van der Waals surface area contributed by atoms with Gasteiger partial charge in [-0.3, -0.25) is 20.2 Å². The summed E-state index contributed by atoms with van der Waals surface area (Å²) in [5, 5.41) is 15.9. The van der Waals surface area contributed by atoms with E-state index in [-0.39, 0.29) is 23.0 Å². The second-order valence-corrected chi connectivity index (χ2v) is 6.75. The molecule has 0 radical (unpaired) electrons. The zero-order valence-corrected chi connectivity index (χ0v) is 17.5. The molecule has 2 aromatic carbocycles. The number of nitro benzene ring substituents is 1. The first kappa shape index (κ1) is 21.6. The van der Waals surface area contributed by atoms with Crippen molar-refractivity contribution in [2.75, 3.05) is 12.4 Å². The van der Waals surface area contributed by atoms with Crippen molar-refractivity contribution < 1.29 is 24.0 Å². The predicted octanol–water partition coefficient (Wildman–Crippen LogP) is 3.91. The number of hydrogen-bond donors (Lipinski definition) is 2.